The zero-order valence-electron chi connectivity index (χ0n) is 10.9. The van der Waals surface area contributed by atoms with Crippen molar-refractivity contribution in [3.8, 4) is 0 Å². The van der Waals surface area contributed by atoms with Gasteiger partial charge in [0.05, 0.1) is 6.61 Å². The van der Waals surface area contributed by atoms with Crippen molar-refractivity contribution >= 4 is 23.1 Å². The Balaban J connectivity index is 2.49. The largest absolute Gasteiger partial charge is 0.394 e. The van der Waals surface area contributed by atoms with Gasteiger partial charge in [0.1, 0.15) is 4.34 Å². The lowest BCUT2D eigenvalue weighted by Crippen LogP contribution is -2.50. The van der Waals surface area contributed by atoms with Gasteiger partial charge < -0.3 is 10.4 Å². The van der Waals surface area contributed by atoms with E-state index in [1.165, 1.54) is 0 Å². The van der Waals surface area contributed by atoms with Crippen molar-refractivity contribution in [3.05, 3.63) is 11.6 Å². The van der Waals surface area contributed by atoms with Crippen LogP contribution in [0.15, 0.2) is 15.9 Å². The Labute approximate surface area is 112 Å². The van der Waals surface area contributed by atoms with Gasteiger partial charge in [-0.2, -0.15) is 0 Å². The molecule has 1 aromatic rings. The molecule has 1 heterocycles. The molecular formula is C12H22N2OS2. The summed E-state index contributed by atoms with van der Waals surface area (Å²) in [5, 5.41) is 15.4. The molecule has 0 radical (unpaired) electrons. The summed E-state index contributed by atoms with van der Waals surface area (Å²) in [6.07, 6.45) is 2.75. The molecule has 0 saturated heterocycles. The third-order valence-electron chi connectivity index (χ3n) is 2.44. The zero-order valence-corrected chi connectivity index (χ0v) is 12.6. The van der Waals surface area contributed by atoms with Crippen molar-refractivity contribution in [2.24, 2.45) is 0 Å². The Morgan fingerprint density at radius 3 is 2.71 bits per heavy atom. The van der Waals surface area contributed by atoms with E-state index >= 15 is 0 Å². The minimum Gasteiger partial charge on any atom is -0.394 e. The monoisotopic (exact) mass is 274 g/mol. The van der Waals surface area contributed by atoms with E-state index < -0.39 is 0 Å². The van der Waals surface area contributed by atoms with E-state index in [0.717, 1.165) is 10.8 Å². The molecule has 98 valence electrons. The smallest absolute Gasteiger partial charge is 0.150 e. The van der Waals surface area contributed by atoms with Gasteiger partial charge in [-0.25, -0.2) is 4.98 Å². The maximum Gasteiger partial charge on any atom is 0.150 e. The van der Waals surface area contributed by atoms with Crippen LogP contribution in [0.5, 0.6) is 0 Å². The lowest BCUT2D eigenvalue weighted by Gasteiger charge is -2.33. The van der Waals surface area contributed by atoms with Gasteiger partial charge in [-0.3, -0.25) is 0 Å². The third kappa shape index (κ3) is 5.38. The number of nitrogens with one attached hydrogen (secondary N) is 1. The quantitative estimate of drug-likeness (QED) is 0.751. The highest BCUT2D eigenvalue weighted by molar-refractivity contribution is 8.01. The fourth-order valence-electron chi connectivity index (χ4n) is 1.98. The number of hydrogen-bond acceptors (Lipinski definition) is 5. The van der Waals surface area contributed by atoms with Crippen LogP contribution in [0.4, 0.5) is 0 Å². The fraction of sp³-hybridized carbons (Fsp3) is 0.750. The molecule has 0 aliphatic heterocycles. The first-order valence-corrected chi connectivity index (χ1v) is 7.66. The first-order chi connectivity index (χ1) is 7.95. The van der Waals surface area contributed by atoms with Crippen LogP contribution in [0.1, 0.15) is 34.1 Å². The lowest BCUT2D eigenvalue weighted by molar-refractivity contribution is 0.157. The van der Waals surface area contributed by atoms with Crippen LogP contribution in [-0.2, 0) is 0 Å². The number of thioether (sulfide) groups is 1. The molecule has 0 aromatic carbocycles. The van der Waals surface area contributed by atoms with E-state index in [1.54, 1.807) is 23.1 Å². The molecule has 2 N–H and O–H groups in total. The molecule has 0 spiro atoms. The van der Waals surface area contributed by atoms with Crippen molar-refractivity contribution in [1.82, 2.24) is 10.3 Å². The molecule has 5 heteroatoms. The van der Waals surface area contributed by atoms with E-state index in [2.05, 4.69) is 38.0 Å². The number of rotatable bonds is 7. The summed E-state index contributed by atoms with van der Waals surface area (Å²) in [4.78, 5) is 4.27. The molecule has 0 aliphatic carbocycles. The maximum absolute atomic E-state index is 9.52. The average Bonchev–Trinajstić information content (AvgIpc) is 2.68. The summed E-state index contributed by atoms with van der Waals surface area (Å²) in [7, 11) is 0. The predicted molar refractivity (Wildman–Crippen MR) is 75.8 cm³/mol. The predicted octanol–water partition coefficient (Wildman–Crippen LogP) is 2.76. The van der Waals surface area contributed by atoms with E-state index in [4.69, 9.17) is 0 Å². The summed E-state index contributed by atoms with van der Waals surface area (Å²) in [5.41, 5.74) is -0.210. The molecular weight excluding hydrogens is 252 g/mol. The Hall–Kier alpha value is -0.100. The van der Waals surface area contributed by atoms with Crippen LogP contribution in [-0.4, -0.2) is 33.5 Å². The molecule has 0 amide bonds. The van der Waals surface area contributed by atoms with Crippen LogP contribution >= 0.6 is 23.1 Å². The van der Waals surface area contributed by atoms with Crippen molar-refractivity contribution < 1.29 is 5.11 Å². The second-order valence-electron chi connectivity index (χ2n) is 4.95. The topological polar surface area (TPSA) is 45.1 Å². The second kappa shape index (κ2) is 6.73. The number of hydrogen-bond donors (Lipinski definition) is 2. The zero-order chi connectivity index (χ0) is 12.9. The van der Waals surface area contributed by atoms with Gasteiger partial charge in [0.25, 0.3) is 0 Å². The Bertz CT molecular complexity index is 316. The third-order valence-corrected chi connectivity index (χ3v) is 4.45. The van der Waals surface area contributed by atoms with Gasteiger partial charge in [0, 0.05) is 28.4 Å². The summed E-state index contributed by atoms with van der Waals surface area (Å²) < 4.78 is 1.10. The highest BCUT2D eigenvalue weighted by Gasteiger charge is 2.26. The van der Waals surface area contributed by atoms with Gasteiger partial charge in [-0.1, -0.05) is 32.5 Å². The average molecular weight is 274 g/mol. The van der Waals surface area contributed by atoms with Crippen LogP contribution in [0.2, 0.25) is 0 Å². The van der Waals surface area contributed by atoms with Crippen LogP contribution in [0, 0.1) is 0 Å². The molecule has 3 nitrogen and oxygen atoms in total. The number of aliphatic hydroxyl groups excluding tert-OH is 1. The summed E-state index contributed by atoms with van der Waals surface area (Å²) in [6.45, 7) is 8.63. The van der Waals surface area contributed by atoms with E-state index in [9.17, 15) is 5.11 Å². The first kappa shape index (κ1) is 15.0. The van der Waals surface area contributed by atoms with Crippen molar-refractivity contribution in [3.63, 3.8) is 0 Å². The van der Waals surface area contributed by atoms with E-state index in [1.807, 2.05) is 11.6 Å². The number of thiazole rings is 1. The minimum absolute atomic E-state index is 0.161. The van der Waals surface area contributed by atoms with Gasteiger partial charge in [0.2, 0.25) is 0 Å². The van der Waals surface area contributed by atoms with Crippen LogP contribution < -0.4 is 5.32 Å². The normalized spacial score (nSPS) is 17.1. The molecule has 1 rings (SSSR count). The van der Waals surface area contributed by atoms with Gasteiger partial charge in [-0.05, 0) is 13.3 Å². The molecule has 17 heavy (non-hydrogen) atoms. The fourth-order valence-corrected chi connectivity index (χ4v) is 4.14. The standard InChI is InChI=1S/C12H22N2OS2/c1-9(2)14-12(4,8-15)7-10(3)17-11-13-5-6-16-11/h5-6,9-10,14-15H,7-8H2,1-4H3. The van der Waals surface area contributed by atoms with Crippen molar-refractivity contribution in [2.45, 2.75) is 55.3 Å². The SMILES string of the molecule is CC(C)NC(C)(CO)CC(C)Sc1nccs1. The highest BCUT2D eigenvalue weighted by Crippen LogP contribution is 2.30. The van der Waals surface area contributed by atoms with E-state index in [0.29, 0.717) is 11.3 Å². The van der Waals surface area contributed by atoms with Gasteiger partial charge >= 0.3 is 0 Å². The maximum atomic E-state index is 9.52. The molecule has 0 saturated carbocycles. The minimum atomic E-state index is -0.210. The number of aromatic nitrogens is 1. The number of nitrogens with zero attached hydrogens (tertiary/aromatic N) is 1. The Kier molecular flexibility index (Phi) is 5.92. The van der Waals surface area contributed by atoms with E-state index in [-0.39, 0.29) is 12.1 Å². The van der Waals surface area contributed by atoms with Gasteiger partial charge in [-0.15, -0.1) is 11.3 Å². The van der Waals surface area contributed by atoms with Crippen molar-refractivity contribution in [1.29, 1.82) is 0 Å². The van der Waals surface area contributed by atoms with Crippen LogP contribution in [0.3, 0.4) is 0 Å². The Morgan fingerprint density at radius 1 is 1.53 bits per heavy atom. The first-order valence-electron chi connectivity index (χ1n) is 5.90. The Morgan fingerprint density at radius 2 is 2.24 bits per heavy atom. The molecule has 2 unspecified atom stereocenters. The molecule has 1 aromatic heterocycles. The summed E-state index contributed by atoms with van der Waals surface area (Å²) >= 11 is 3.44. The lowest BCUT2D eigenvalue weighted by atomic mass is 9.96. The van der Waals surface area contributed by atoms with Crippen LogP contribution in [0.25, 0.3) is 0 Å². The number of aliphatic hydroxyl groups is 1. The molecule has 0 bridgehead atoms. The van der Waals surface area contributed by atoms with Gasteiger partial charge in [0.15, 0.2) is 0 Å². The molecule has 0 fully saturated rings. The summed E-state index contributed by atoms with van der Waals surface area (Å²) in [5.74, 6) is 0. The highest BCUT2D eigenvalue weighted by atomic mass is 32.2. The van der Waals surface area contributed by atoms with Crippen molar-refractivity contribution in [2.75, 3.05) is 6.61 Å². The molecule has 2 atom stereocenters. The summed E-state index contributed by atoms with van der Waals surface area (Å²) in [6, 6.07) is 0.379. The molecule has 0 aliphatic rings. The second-order valence-corrected chi connectivity index (χ2v) is 7.53.